The van der Waals surface area contributed by atoms with Crippen LogP contribution in [0.5, 0.6) is 0 Å². The lowest BCUT2D eigenvalue weighted by molar-refractivity contribution is -0.155. The van der Waals surface area contributed by atoms with Gasteiger partial charge in [-0.3, -0.25) is 8.98 Å². The molecule has 34 heavy (non-hydrogen) atoms. The summed E-state index contributed by atoms with van der Waals surface area (Å²) in [5, 5.41) is 0. The smallest absolute Gasteiger partial charge is 0.335 e. The number of aryl methyl sites for hydroxylation is 1. The van der Waals surface area contributed by atoms with Crippen molar-refractivity contribution in [3.8, 4) is 0 Å². The average Bonchev–Trinajstić information content (AvgIpc) is 2.79. The van der Waals surface area contributed by atoms with Crippen molar-refractivity contribution in [1.82, 2.24) is 0 Å². The lowest BCUT2D eigenvalue weighted by Gasteiger charge is -2.22. The fourth-order valence-electron chi connectivity index (χ4n) is 3.64. The van der Waals surface area contributed by atoms with Gasteiger partial charge in [-0.2, -0.15) is 8.42 Å². The number of carbonyl (C=O) groups is 2. The molecule has 0 spiro atoms. The summed E-state index contributed by atoms with van der Waals surface area (Å²) >= 11 is 0. The van der Waals surface area contributed by atoms with Gasteiger partial charge in [0.1, 0.15) is 0 Å². The number of hydrogen-bond acceptors (Lipinski definition) is 8. The summed E-state index contributed by atoms with van der Waals surface area (Å²) in [6.07, 6.45) is 6.26. The normalized spacial score (nSPS) is 12.9. The zero-order valence-corrected chi connectivity index (χ0v) is 21.9. The Kier molecular flexibility index (Phi) is 13.4. The Morgan fingerprint density at radius 3 is 2.18 bits per heavy atom. The molecule has 0 heterocycles. The second-order valence-electron chi connectivity index (χ2n) is 9.02. The molecule has 0 amide bonds. The van der Waals surface area contributed by atoms with Crippen LogP contribution in [0, 0.1) is 5.41 Å². The third-order valence-corrected chi connectivity index (χ3v) is 6.22. The van der Waals surface area contributed by atoms with Crippen molar-refractivity contribution in [2.75, 3.05) is 33.7 Å². The van der Waals surface area contributed by atoms with Gasteiger partial charge in [0.15, 0.2) is 6.10 Å². The lowest BCUT2D eigenvalue weighted by atomic mass is 9.88. The molecule has 0 aliphatic carbocycles. The van der Waals surface area contributed by atoms with Crippen molar-refractivity contribution < 1.29 is 36.4 Å². The maximum Gasteiger partial charge on any atom is 0.335 e. The summed E-state index contributed by atoms with van der Waals surface area (Å²) < 4.78 is 42.4. The summed E-state index contributed by atoms with van der Waals surface area (Å²) in [7, 11) is -0.658. The van der Waals surface area contributed by atoms with Gasteiger partial charge in [-0.1, -0.05) is 37.1 Å². The van der Waals surface area contributed by atoms with Crippen LogP contribution in [0.1, 0.15) is 63.5 Å². The highest BCUT2D eigenvalue weighted by molar-refractivity contribution is 7.85. The minimum absolute atomic E-state index is 0.213. The summed E-state index contributed by atoms with van der Waals surface area (Å²) in [4.78, 5) is 24.2. The van der Waals surface area contributed by atoms with E-state index in [-0.39, 0.29) is 12.6 Å². The van der Waals surface area contributed by atoms with Crippen LogP contribution < -0.4 is 0 Å². The fraction of sp³-hybridized carbons (Fsp3) is 0.680. The second-order valence-corrected chi connectivity index (χ2v) is 10.7. The molecule has 9 heteroatoms. The van der Waals surface area contributed by atoms with Crippen LogP contribution in [0.25, 0.3) is 0 Å². The molecule has 0 aromatic heterocycles. The van der Waals surface area contributed by atoms with Crippen LogP contribution in [0.15, 0.2) is 24.3 Å². The van der Waals surface area contributed by atoms with Crippen LogP contribution in [0.2, 0.25) is 0 Å². The molecule has 1 rings (SSSR count). The number of benzene rings is 1. The van der Waals surface area contributed by atoms with Crippen molar-refractivity contribution in [2.45, 2.75) is 71.3 Å². The molecule has 0 aliphatic rings. The Hall–Kier alpha value is -1.97. The van der Waals surface area contributed by atoms with Gasteiger partial charge < -0.3 is 14.2 Å². The van der Waals surface area contributed by atoms with Crippen LogP contribution in [-0.4, -0.2) is 60.1 Å². The van der Waals surface area contributed by atoms with Crippen LogP contribution in [0.4, 0.5) is 0 Å². The molecule has 0 saturated carbocycles. The first-order valence-electron chi connectivity index (χ1n) is 11.7. The van der Waals surface area contributed by atoms with Gasteiger partial charge in [0.25, 0.3) is 10.1 Å². The molecule has 0 bridgehead atoms. The fourth-order valence-corrected chi connectivity index (χ4v) is 4.06. The molecular weight excluding hydrogens is 460 g/mol. The Labute approximate surface area is 204 Å². The van der Waals surface area contributed by atoms with Crippen LogP contribution >= 0.6 is 0 Å². The summed E-state index contributed by atoms with van der Waals surface area (Å²) in [6.45, 7) is 4.19. The number of carbonyl (C=O) groups excluding carboxylic acids is 2. The Balaban J connectivity index is 2.57. The summed E-state index contributed by atoms with van der Waals surface area (Å²) in [5.41, 5.74) is 1.58. The minimum atomic E-state index is -3.38. The molecule has 0 saturated heterocycles. The van der Waals surface area contributed by atoms with Gasteiger partial charge in [-0.05, 0) is 57.1 Å². The van der Waals surface area contributed by atoms with E-state index in [0.717, 1.165) is 43.1 Å². The van der Waals surface area contributed by atoms with E-state index >= 15 is 0 Å². The highest BCUT2D eigenvalue weighted by atomic mass is 32.2. The van der Waals surface area contributed by atoms with E-state index < -0.39 is 27.6 Å². The molecule has 0 fully saturated rings. The molecule has 1 atom stereocenters. The predicted octanol–water partition coefficient (Wildman–Crippen LogP) is 3.85. The zero-order chi connectivity index (χ0) is 25.6. The van der Waals surface area contributed by atoms with E-state index in [1.165, 1.54) is 14.2 Å². The average molecular weight is 501 g/mol. The van der Waals surface area contributed by atoms with Crippen LogP contribution in [0.3, 0.4) is 0 Å². The highest BCUT2D eigenvalue weighted by Crippen LogP contribution is 2.24. The van der Waals surface area contributed by atoms with E-state index in [1.807, 2.05) is 32.0 Å². The first-order valence-corrected chi connectivity index (χ1v) is 13.5. The van der Waals surface area contributed by atoms with Crippen LogP contribution in [-0.2, 0) is 50.9 Å². The maximum absolute atomic E-state index is 12.3. The van der Waals surface area contributed by atoms with E-state index in [4.69, 9.17) is 18.4 Å². The largest absolute Gasteiger partial charge is 0.469 e. The first-order chi connectivity index (χ1) is 16.0. The minimum Gasteiger partial charge on any atom is -0.469 e. The van der Waals surface area contributed by atoms with Crippen molar-refractivity contribution in [3.63, 3.8) is 0 Å². The standard InChI is InChI=1S/C25H40O8S/c1-25(2,24(27)31-4)16-12-17-32-22(23(26)30-3)19-21-15-10-9-14-20(21)13-8-6-7-11-18-33-34(5,28)29/h9-10,14-15,22H,6-8,11-13,16-19H2,1-5H3. The maximum atomic E-state index is 12.3. The summed E-state index contributed by atoms with van der Waals surface area (Å²) in [6, 6.07) is 7.96. The number of hydrogen-bond donors (Lipinski definition) is 0. The van der Waals surface area contributed by atoms with Gasteiger partial charge in [0, 0.05) is 13.0 Å². The van der Waals surface area contributed by atoms with Crippen molar-refractivity contribution in [1.29, 1.82) is 0 Å². The van der Waals surface area contributed by atoms with Gasteiger partial charge in [-0.25, -0.2) is 4.79 Å². The molecule has 1 aromatic rings. The molecule has 0 radical (unpaired) electrons. The van der Waals surface area contributed by atoms with E-state index in [9.17, 15) is 18.0 Å². The molecule has 194 valence electrons. The summed E-state index contributed by atoms with van der Waals surface area (Å²) in [5.74, 6) is -0.693. The molecule has 0 aliphatic heterocycles. The van der Waals surface area contributed by atoms with E-state index in [1.54, 1.807) is 0 Å². The van der Waals surface area contributed by atoms with Gasteiger partial charge in [0.2, 0.25) is 0 Å². The van der Waals surface area contributed by atoms with Gasteiger partial charge in [-0.15, -0.1) is 0 Å². The number of esters is 2. The second kappa shape index (κ2) is 15.1. The monoisotopic (exact) mass is 500 g/mol. The molecule has 8 nitrogen and oxygen atoms in total. The molecule has 1 aromatic carbocycles. The molecule has 1 unspecified atom stereocenters. The lowest BCUT2D eigenvalue weighted by Crippen LogP contribution is -2.30. The van der Waals surface area contributed by atoms with Gasteiger partial charge in [0.05, 0.1) is 32.5 Å². The van der Waals surface area contributed by atoms with Crippen molar-refractivity contribution >= 4 is 22.1 Å². The Bertz CT molecular complexity index is 863. The highest BCUT2D eigenvalue weighted by Gasteiger charge is 2.28. The number of unbranched alkanes of at least 4 members (excludes halogenated alkanes) is 3. The van der Waals surface area contributed by atoms with Gasteiger partial charge >= 0.3 is 11.9 Å². The van der Waals surface area contributed by atoms with Crippen molar-refractivity contribution in [3.05, 3.63) is 35.4 Å². The number of methoxy groups -OCH3 is 2. The Morgan fingerprint density at radius 2 is 1.56 bits per heavy atom. The topological polar surface area (TPSA) is 105 Å². The molecular formula is C25H40O8S. The zero-order valence-electron chi connectivity index (χ0n) is 21.1. The quantitative estimate of drug-likeness (QED) is 0.180. The SMILES string of the molecule is COC(=O)C(Cc1ccccc1CCCCCCOS(C)(=O)=O)OCCCC(C)(C)C(=O)OC. The number of rotatable bonds is 17. The third kappa shape index (κ3) is 11.9. The van der Waals surface area contributed by atoms with E-state index in [0.29, 0.717) is 32.3 Å². The first kappa shape index (κ1) is 30.1. The van der Waals surface area contributed by atoms with E-state index in [2.05, 4.69) is 6.07 Å². The predicted molar refractivity (Wildman–Crippen MR) is 130 cm³/mol. The Morgan fingerprint density at radius 1 is 0.912 bits per heavy atom. The third-order valence-electron chi connectivity index (χ3n) is 5.63. The number of ether oxygens (including phenoxy) is 3. The van der Waals surface area contributed by atoms with Crippen molar-refractivity contribution in [2.24, 2.45) is 5.41 Å². The molecule has 0 N–H and O–H groups in total.